The van der Waals surface area contributed by atoms with Gasteiger partial charge in [-0.05, 0) is 45.2 Å². The zero-order valence-electron chi connectivity index (χ0n) is 20.9. The number of benzene rings is 2. The zero-order chi connectivity index (χ0) is 26.6. The number of carboxylic acids is 1. The highest BCUT2D eigenvalue weighted by Gasteiger charge is 2.37. The topological polar surface area (TPSA) is 133 Å². The Balaban J connectivity index is 0.000000375. The third-order valence-corrected chi connectivity index (χ3v) is 5.82. The number of alkyl carbamates (subject to hydrolysis) is 1. The maximum atomic E-state index is 13.1. The van der Waals surface area contributed by atoms with Gasteiger partial charge in [-0.3, -0.25) is 14.4 Å². The molecule has 0 saturated carbocycles. The Morgan fingerprint density at radius 2 is 1.61 bits per heavy atom. The summed E-state index contributed by atoms with van der Waals surface area (Å²) in [5.74, 6) is -1.56. The maximum Gasteiger partial charge on any atom is 0.408 e. The average Bonchev–Trinajstić information content (AvgIpc) is 3.45. The van der Waals surface area contributed by atoms with Crippen LogP contribution in [0.5, 0.6) is 0 Å². The second-order valence-electron chi connectivity index (χ2n) is 9.93. The molecule has 9 heteroatoms. The quantitative estimate of drug-likeness (QED) is 0.495. The van der Waals surface area contributed by atoms with Crippen LogP contribution >= 0.6 is 0 Å². The lowest BCUT2D eigenvalue weighted by Crippen LogP contribution is -2.57. The van der Waals surface area contributed by atoms with E-state index in [1.165, 1.54) is 11.8 Å². The fourth-order valence-electron chi connectivity index (χ4n) is 4.06. The van der Waals surface area contributed by atoms with E-state index in [9.17, 15) is 29.4 Å². The van der Waals surface area contributed by atoms with Crippen molar-refractivity contribution in [3.63, 3.8) is 0 Å². The van der Waals surface area contributed by atoms with E-state index in [1.54, 1.807) is 20.8 Å². The number of nitrogens with one attached hydrogen (secondary N) is 1. The van der Waals surface area contributed by atoms with Crippen molar-refractivity contribution in [2.24, 2.45) is 0 Å². The van der Waals surface area contributed by atoms with Crippen molar-refractivity contribution >= 4 is 28.7 Å². The first-order valence-corrected chi connectivity index (χ1v) is 11.8. The Hall–Kier alpha value is -3.72. The molecule has 0 aliphatic carbocycles. The molecule has 9 nitrogen and oxygen atoms in total. The van der Waals surface area contributed by atoms with E-state index in [1.807, 2.05) is 48.5 Å². The number of aliphatic carboxylic acids is 1. The van der Waals surface area contributed by atoms with Crippen LogP contribution in [0.15, 0.2) is 53.3 Å². The SMILES string of the molecule is CC(O)C(NC(=O)OC(C)(C)C)C(=O)N1Cc2ccccc2C[C@@H]1CC(=O)O.O=c1c2ccccc12. The molecule has 3 aromatic rings. The summed E-state index contributed by atoms with van der Waals surface area (Å²) in [6.45, 7) is 6.68. The van der Waals surface area contributed by atoms with E-state index >= 15 is 0 Å². The van der Waals surface area contributed by atoms with Gasteiger partial charge in [-0.2, -0.15) is 0 Å². The van der Waals surface area contributed by atoms with Crippen LogP contribution in [0.2, 0.25) is 0 Å². The first-order valence-electron chi connectivity index (χ1n) is 11.8. The number of hydrogen-bond donors (Lipinski definition) is 3. The van der Waals surface area contributed by atoms with Gasteiger partial charge in [0.1, 0.15) is 11.6 Å². The Bertz CT molecular complexity index is 1220. The molecule has 0 spiro atoms. The largest absolute Gasteiger partial charge is 0.481 e. The van der Waals surface area contributed by atoms with E-state index in [-0.39, 0.29) is 18.4 Å². The Morgan fingerprint density at radius 1 is 1.06 bits per heavy atom. The zero-order valence-corrected chi connectivity index (χ0v) is 20.9. The number of carbonyl (C=O) groups is 3. The molecule has 3 N–H and O–H groups in total. The number of ether oxygens (including phenoxy) is 1. The summed E-state index contributed by atoms with van der Waals surface area (Å²) >= 11 is 0. The lowest BCUT2D eigenvalue weighted by Gasteiger charge is -2.39. The van der Waals surface area contributed by atoms with E-state index < -0.39 is 41.8 Å². The fraction of sp³-hybridized carbons (Fsp3) is 0.407. The summed E-state index contributed by atoms with van der Waals surface area (Å²) in [6, 6.07) is 13.2. The molecule has 1 heterocycles. The van der Waals surface area contributed by atoms with Gasteiger partial charge in [-0.25, -0.2) is 4.79 Å². The Kier molecular flexibility index (Phi) is 8.14. The second-order valence-corrected chi connectivity index (χ2v) is 9.93. The van der Waals surface area contributed by atoms with E-state index in [4.69, 9.17) is 4.74 Å². The highest BCUT2D eigenvalue weighted by atomic mass is 16.6. The van der Waals surface area contributed by atoms with Crippen molar-refractivity contribution in [3.05, 3.63) is 69.9 Å². The molecule has 0 fully saturated rings. The van der Waals surface area contributed by atoms with Gasteiger partial charge in [0.15, 0.2) is 5.43 Å². The molecule has 4 rings (SSSR count). The summed E-state index contributed by atoms with van der Waals surface area (Å²) in [6.07, 6.45) is -1.83. The van der Waals surface area contributed by atoms with Crippen molar-refractivity contribution in [1.82, 2.24) is 10.2 Å². The molecule has 0 saturated heterocycles. The van der Waals surface area contributed by atoms with Crippen LogP contribution in [0.3, 0.4) is 0 Å². The van der Waals surface area contributed by atoms with Crippen molar-refractivity contribution in [3.8, 4) is 0 Å². The summed E-state index contributed by atoms with van der Waals surface area (Å²) in [7, 11) is 0. The predicted molar refractivity (Wildman–Crippen MR) is 134 cm³/mol. The Morgan fingerprint density at radius 3 is 2.11 bits per heavy atom. The second kappa shape index (κ2) is 10.9. The molecule has 2 unspecified atom stereocenters. The number of aliphatic hydroxyl groups excluding tert-OH is 1. The van der Waals surface area contributed by atoms with Crippen LogP contribution in [0.25, 0.3) is 10.8 Å². The van der Waals surface area contributed by atoms with Gasteiger partial charge in [0.25, 0.3) is 0 Å². The highest BCUT2D eigenvalue weighted by molar-refractivity contribution is 5.97. The van der Waals surface area contributed by atoms with E-state index in [2.05, 4.69) is 5.32 Å². The minimum absolute atomic E-state index is 0.214. The van der Waals surface area contributed by atoms with E-state index in [0.717, 1.165) is 21.9 Å². The van der Waals surface area contributed by atoms with Crippen molar-refractivity contribution in [1.29, 1.82) is 0 Å². The van der Waals surface area contributed by atoms with Crippen molar-refractivity contribution in [2.45, 2.75) is 70.9 Å². The van der Waals surface area contributed by atoms with Gasteiger partial charge in [0, 0.05) is 23.4 Å². The van der Waals surface area contributed by atoms with Gasteiger partial charge in [0.2, 0.25) is 5.91 Å². The molecular formula is C27H32N2O7. The predicted octanol–water partition coefficient (Wildman–Crippen LogP) is 2.76. The number of rotatable bonds is 5. The molecule has 192 valence electrons. The normalized spacial score (nSPS) is 16.9. The van der Waals surface area contributed by atoms with Gasteiger partial charge in [-0.15, -0.1) is 0 Å². The first-order chi connectivity index (χ1) is 16.9. The molecule has 0 bridgehead atoms. The van der Waals surface area contributed by atoms with Gasteiger partial charge >= 0.3 is 12.1 Å². The number of fused-ring (bicyclic) bond motifs is 2. The Labute approximate surface area is 209 Å². The van der Waals surface area contributed by atoms with Crippen LogP contribution in [0, 0.1) is 0 Å². The van der Waals surface area contributed by atoms with Gasteiger partial charge < -0.3 is 25.2 Å². The minimum Gasteiger partial charge on any atom is -0.481 e. The number of aliphatic hydroxyl groups is 1. The molecule has 3 aromatic carbocycles. The molecule has 1 aliphatic rings. The number of amides is 2. The third kappa shape index (κ3) is 6.91. The van der Waals surface area contributed by atoms with Crippen LogP contribution < -0.4 is 10.7 Å². The molecule has 3 atom stereocenters. The monoisotopic (exact) mass is 496 g/mol. The van der Waals surface area contributed by atoms with Crippen LogP contribution in [-0.4, -0.2) is 56.9 Å². The maximum absolute atomic E-state index is 13.1. The van der Waals surface area contributed by atoms with Gasteiger partial charge in [-0.1, -0.05) is 48.5 Å². The lowest BCUT2D eigenvalue weighted by atomic mass is 9.91. The fourth-order valence-corrected chi connectivity index (χ4v) is 4.06. The number of carbonyl (C=O) groups excluding carboxylic acids is 2. The van der Waals surface area contributed by atoms with E-state index in [0.29, 0.717) is 6.42 Å². The average molecular weight is 497 g/mol. The molecule has 2 amide bonds. The van der Waals surface area contributed by atoms with Crippen LogP contribution in [-0.2, 0) is 27.3 Å². The molecule has 1 aliphatic heterocycles. The number of nitrogens with zero attached hydrogens (tertiary/aromatic N) is 1. The molecule has 36 heavy (non-hydrogen) atoms. The minimum atomic E-state index is -1.24. The van der Waals surface area contributed by atoms with Crippen LogP contribution in [0.1, 0.15) is 45.2 Å². The van der Waals surface area contributed by atoms with Crippen molar-refractivity contribution in [2.75, 3.05) is 0 Å². The smallest absolute Gasteiger partial charge is 0.408 e. The summed E-state index contributed by atoms with van der Waals surface area (Å²) < 4.78 is 5.18. The molecular weight excluding hydrogens is 464 g/mol. The number of carboxylic acid groups (broad SMARTS) is 1. The molecule has 0 aromatic heterocycles. The van der Waals surface area contributed by atoms with Crippen LogP contribution in [0.4, 0.5) is 4.79 Å². The standard InChI is InChI=1S/C20H28N2O6.C7H4O/c1-12(23)17(21-19(27)28-20(2,3)4)18(26)22-11-14-8-6-5-7-13(14)9-15(22)10-16(24)25;8-7-5-3-1-2-4-6(5)7/h5-8,12,15,17,23H,9-11H2,1-4H3,(H,21,27)(H,24,25);1-4H/t12?,15-,17?;/m1./s1. The lowest BCUT2D eigenvalue weighted by molar-refractivity contribution is -0.144. The number of hydrogen-bond acceptors (Lipinski definition) is 6. The summed E-state index contributed by atoms with van der Waals surface area (Å²) in [4.78, 5) is 48.5. The summed E-state index contributed by atoms with van der Waals surface area (Å²) in [5.41, 5.74) is 1.37. The van der Waals surface area contributed by atoms with Gasteiger partial charge in [0.05, 0.1) is 12.5 Å². The molecule has 0 radical (unpaired) electrons. The summed E-state index contributed by atoms with van der Waals surface area (Å²) in [5, 5.41) is 23.6. The first kappa shape index (κ1) is 26.9. The third-order valence-electron chi connectivity index (χ3n) is 5.82. The highest BCUT2D eigenvalue weighted by Crippen LogP contribution is 2.26. The van der Waals surface area contributed by atoms with Crippen molar-refractivity contribution < 1.29 is 29.3 Å².